The SMILES string of the molecule is CC(=O)SCC(O)C(O)c1ccccc1CO. The summed E-state index contributed by atoms with van der Waals surface area (Å²) in [5, 5.41) is 28.7. The van der Waals surface area contributed by atoms with E-state index in [0.29, 0.717) is 11.1 Å². The van der Waals surface area contributed by atoms with Crippen LogP contribution in [0.3, 0.4) is 0 Å². The van der Waals surface area contributed by atoms with Crippen LogP contribution in [-0.4, -0.2) is 32.3 Å². The molecule has 1 aromatic rings. The molecule has 4 nitrogen and oxygen atoms in total. The molecule has 0 radical (unpaired) electrons. The minimum absolute atomic E-state index is 0.105. The van der Waals surface area contributed by atoms with Gasteiger partial charge in [-0.05, 0) is 11.1 Å². The number of carbonyl (C=O) groups is 1. The van der Waals surface area contributed by atoms with Gasteiger partial charge in [0.2, 0.25) is 0 Å². The molecular weight excluding hydrogens is 240 g/mol. The van der Waals surface area contributed by atoms with Crippen LogP contribution in [0, 0.1) is 0 Å². The number of rotatable bonds is 5. The van der Waals surface area contributed by atoms with Crippen LogP contribution in [0.5, 0.6) is 0 Å². The zero-order chi connectivity index (χ0) is 12.8. The van der Waals surface area contributed by atoms with Gasteiger partial charge in [0, 0.05) is 12.7 Å². The van der Waals surface area contributed by atoms with Gasteiger partial charge in [-0.2, -0.15) is 0 Å². The van der Waals surface area contributed by atoms with Crippen molar-refractivity contribution < 1.29 is 20.1 Å². The van der Waals surface area contributed by atoms with Crippen LogP contribution < -0.4 is 0 Å². The summed E-state index contributed by atoms with van der Waals surface area (Å²) in [5.74, 6) is 0.135. The van der Waals surface area contributed by atoms with Gasteiger partial charge in [-0.15, -0.1) is 0 Å². The molecule has 0 aliphatic heterocycles. The molecular formula is C12H16O4S. The Hall–Kier alpha value is -0.880. The van der Waals surface area contributed by atoms with Crippen LogP contribution in [0.4, 0.5) is 0 Å². The summed E-state index contributed by atoms with van der Waals surface area (Å²) < 4.78 is 0. The van der Waals surface area contributed by atoms with E-state index in [1.807, 2.05) is 0 Å². The maximum absolute atomic E-state index is 10.8. The Morgan fingerprint density at radius 2 is 2.00 bits per heavy atom. The molecule has 1 aromatic carbocycles. The number of hydrogen-bond acceptors (Lipinski definition) is 5. The first-order chi connectivity index (χ1) is 8.06. The molecule has 1 rings (SSSR count). The molecule has 0 bridgehead atoms. The molecule has 0 aliphatic carbocycles. The van der Waals surface area contributed by atoms with Crippen molar-refractivity contribution in [3.8, 4) is 0 Å². The number of aliphatic hydroxyl groups is 3. The topological polar surface area (TPSA) is 77.8 Å². The van der Waals surface area contributed by atoms with Crippen LogP contribution in [0.25, 0.3) is 0 Å². The minimum Gasteiger partial charge on any atom is -0.392 e. The normalized spacial score (nSPS) is 14.4. The molecule has 0 spiro atoms. The van der Waals surface area contributed by atoms with Gasteiger partial charge >= 0.3 is 0 Å². The van der Waals surface area contributed by atoms with Gasteiger partial charge < -0.3 is 15.3 Å². The zero-order valence-electron chi connectivity index (χ0n) is 9.54. The molecule has 0 aromatic heterocycles. The van der Waals surface area contributed by atoms with Crippen molar-refractivity contribution in [1.29, 1.82) is 0 Å². The molecule has 5 heteroatoms. The first-order valence-corrected chi connectivity index (χ1v) is 6.23. The Bertz CT molecular complexity index is 381. The van der Waals surface area contributed by atoms with Crippen molar-refractivity contribution in [2.75, 3.05) is 5.75 Å². The van der Waals surface area contributed by atoms with Crippen LogP contribution >= 0.6 is 11.8 Å². The summed E-state index contributed by atoms with van der Waals surface area (Å²) in [7, 11) is 0. The lowest BCUT2D eigenvalue weighted by Gasteiger charge is -2.19. The number of benzene rings is 1. The van der Waals surface area contributed by atoms with Gasteiger partial charge in [0.15, 0.2) is 5.12 Å². The summed E-state index contributed by atoms with van der Waals surface area (Å²) in [6.45, 7) is 1.21. The van der Waals surface area contributed by atoms with Crippen molar-refractivity contribution in [2.24, 2.45) is 0 Å². The van der Waals surface area contributed by atoms with Gasteiger partial charge in [0.25, 0.3) is 0 Å². The third-order valence-corrected chi connectivity index (χ3v) is 3.28. The highest BCUT2D eigenvalue weighted by molar-refractivity contribution is 8.13. The number of carbonyl (C=O) groups excluding carboxylic acids is 1. The van der Waals surface area contributed by atoms with Crippen LogP contribution in [-0.2, 0) is 11.4 Å². The van der Waals surface area contributed by atoms with Crippen LogP contribution in [0.15, 0.2) is 24.3 Å². The highest BCUT2D eigenvalue weighted by atomic mass is 32.2. The first kappa shape index (κ1) is 14.2. The number of hydrogen-bond donors (Lipinski definition) is 3. The molecule has 3 N–H and O–H groups in total. The molecule has 0 amide bonds. The standard InChI is InChI=1S/C12H16O4S/c1-8(14)17-7-11(15)12(16)10-5-3-2-4-9(10)6-13/h2-5,11-13,15-16H,6-7H2,1H3. The second-order valence-corrected chi connectivity index (χ2v) is 4.87. The molecule has 0 fully saturated rings. The predicted octanol–water partition coefficient (Wildman–Crippen LogP) is 0.853. The molecule has 2 atom stereocenters. The molecule has 0 aliphatic rings. The highest BCUT2D eigenvalue weighted by Gasteiger charge is 2.21. The van der Waals surface area contributed by atoms with E-state index in [1.54, 1.807) is 24.3 Å². The molecule has 0 saturated carbocycles. The van der Waals surface area contributed by atoms with E-state index in [4.69, 9.17) is 5.11 Å². The molecule has 2 unspecified atom stereocenters. The number of aliphatic hydroxyl groups excluding tert-OH is 3. The van der Waals surface area contributed by atoms with E-state index in [1.165, 1.54) is 6.92 Å². The van der Waals surface area contributed by atoms with E-state index in [-0.39, 0.29) is 17.5 Å². The van der Waals surface area contributed by atoms with Gasteiger partial charge in [-0.1, -0.05) is 36.0 Å². The fourth-order valence-corrected chi connectivity index (χ4v) is 2.06. The van der Waals surface area contributed by atoms with E-state index in [0.717, 1.165) is 11.8 Å². The Morgan fingerprint density at radius 3 is 2.59 bits per heavy atom. The Labute approximate surface area is 104 Å². The zero-order valence-corrected chi connectivity index (χ0v) is 10.4. The maximum atomic E-state index is 10.8. The molecule has 0 saturated heterocycles. The predicted molar refractivity (Wildman–Crippen MR) is 66.5 cm³/mol. The maximum Gasteiger partial charge on any atom is 0.185 e. The molecule has 0 heterocycles. The third-order valence-electron chi connectivity index (χ3n) is 2.37. The summed E-state index contributed by atoms with van der Waals surface area (Å²) in [4.78, 5) is 10.8. The van der Waals surface area contributed by atoms with Gasteiger partial charge in [-0.3, -0.25) is 4.79 Å². The van der Waals surface area contributed by atoms with Crippen molar-refractivity contribution in [3.63, 3.8) is 0 Å². The minimum atomic E-state index is -1.09. The quantitative estimate of drug-likeness (QED) is 0.728. The lowest BCUT2D eigenvalue weighted by molar-refractivity contribution is -0.109. The average molecular weight is 256 g/mol. The molecule has 94 valence electrons. The third kappa shape index (κ3) is 4.12. The van der Waals surface area contributed by atoms with Crippen molar-refractivity contribution in [3.05, 3.63) is 35.4 Å². The van der Waals surface area contributed by atoms with Crippen molar-refractivity contribution in [1.82, 2.24) is 0 Å². The van der Waals surface area contributed by atoms with Crippen LogP contribution in [0.2, 0.25) is 0 Å². The summed E-state index contributed by atoms with van der Waals surface area (Å²) in [6, 6.07) is 6.81. The highest BCUT2D eigenvalue weighted by Crippen LogP contribution is 2.23. The van der Waals surface area contributed by atoms with Gasteiger partial charge in [0.1, 0.15) is 6.10 Å². The first-order valence-electron chi connectivity index (χ1n) is 5.24. The van der Waals surface area contributed by atoms with Gasteiger partial charge in [-0.25, -0.2) is 0 Å². The molecule has 17 heavy (non-hydrogen) atoms. The monoisotopic (exact) mass is 256 g/mol. The Kier molecular flexibility index (Phi) is 5.64. The fraction of sp³-hybridized carbons (Fsp3) is 0.417. The van der Waals surface area contributed by atoms with E-state index >= 15 is 0 Å². The van der Waals surface area contributed by atoms with Crippen molar-refractivity contribution >= 4 is 16.9 Å². The smallest absolute Gasteiger partial charge is 0.185 e. The summed E-state index contributed by atoms with van der Waals surface area (Å²) in [5.41, 5.74) is 1.07. The average Bonchev–Trinajstić information content (AvgIpc) is 2.34. The summed E-state index contributed by atoms with van der Waals surface area (Å²) in [6.07, 6.45) is -2.12. The second-order valence-electron chi connectivity index (χ2n) is 3.67. The van der Waals surface area contributed by atoms with Gasteiger partial charge in [0.05, 0.1) is 12.7 Å². The largest absolute Gasteiger partial charge is 0.392 e. The fourth-order valence-electron chi connectivity index (χ4n) is 1.47. The lowest BCUT2D eigenvalue weighted by atomic mass is 10.00. The second kappa shape index (κ2) is 6.76. The van der Waals surface area contributed by atoms with E-state index in [9.17, 15) is 15.0 Å². The summed E-state index contributed by atoms with van der Waals surface area (Å²) >= 11 is 0.964. The van der Waals surface area contributed by atoms with Crippen LogP contribution in [0.1, 0.15) is 24.2 Å². The Morgan fingerprint density at radius 1 is 1.35 bits per heavy atom. The van der Waals surface area contributed by atoms with E-state index < -0.39 is 12.2 Å². The number of thioether (sulfide) groups is 1. The Balaban J connectivity index is 2.73. The van der Waals surface area contributed by atoms with E-state index in [2.05, 4.69) is 0 Å². The van der Waals surface area contributed by atoms with Crippen molar-refractivity contribution in [2.45, 2.75) is 25.7 Å². The lowest BCUT2D eigenvalue weighted by Crippen LogP contribution is -2.22.